The molecule has 2 amide bonds. The standard InChI is InChI=1S/C22H34N4O3/c1-2-3-18-12-17(24-21(27)19-13-20(29-25-19)14-4-5-14)10-11-26(18)22(28)15-6-8-16(23)9-7-15/h13-18H,2-12,23H2,1H3,(H,24,27). The molecule has 2 saturated carbocycles. The minimum Gasteiger partial charge on any atom is -0.360 e. The van der Waals surface area contributed by atoms with Gasteiger partial charge in [-0.25, -0.2) is 0 Å². The summed E-state index contributed by atoms with van der Waals surface area (Å²) in [4.78, 5) is 27.8. The molecule has 1 aliphatic heterocycles. The summed E-state index contributed by atoms with van der Waals surface area (Å²) in [6.45, 7) is 2.86. The fourth-order valence-corrected chi connectivity index (χ4v) is 4.90. The number of nitrogens with one attached hydrogen (secondary N) is 1. The number of piperidine rings is 1. The number of amides is 2. The van der Waals surface area contributed by atoms with Gasteiger partial charge in [0.2, 0.25) is 5.91 Å². The largest absolute Gasteiger partial charge is 0.360 e. The Morgan fingerprint density at radius 3 is 2.66 bits per heavy atom. The van der Waals surface area contributed by atoms with E-state index in [1.165, 1.54) is 0 Å². The summed E-state index contributed by atoms with van der Waals surface area (Å²) in [5, 5.41) is 7.07. The van der Waals surface area contributed by atoms with Crippen molar-refractivity contribution in [1.29, 1.82) is 0 Å². The molecular weight excluding hydrogens is 368 g/mol. The van der Waals surface area contributed by atoms with E-state index in [4.69, 9.17) is 10.3 Å². The summed E-state index contributed by atoms with van der Waals surface area (Å²) >= 11 is 0. The molecule has 0 spiro atoms. The highest BCUT2D eigenvalue weighted by Gasteiger charge is 2.36. The Bertz CT molecular complexity index is 721. The lowest BCUT2D eigenvalue weighted by Crippen LogP contribution is -2.53. The second-order valence-electron chi connectivity index (χ2n) is 9.17. The molecule has 2 heterocycles. The van der Waals surface area contributed by atoms with Crippen molar-refractivity contribution in [3.63, 3.8) is 0 Å². The maximum Gasteiger partial charge on any atom is 0.273 e. The first-order valence-electron chi connectivity index (χ1n) is 11.4. The lowest BCUT2D eigenvalue weighted by Gasteiger charge is -2.42. The van der Waals surface area contributed by atoms with Crippen LogP contribution in [0.15, 0.2) is 10.6 Å². The van der Waals surface area contributed by atoms with Gasteiger partial charge in [-0.05, 0) is 57.8 Å². The molecular formula is C22H34N4O3. The van der Waals surface area contributed by atoms with E-state index in [0.717, 1.165) is 70.0 Å². The Balaban J connectivity index is 1.34. The van der Waals surface area contributed by atoms with E-state index in [1.54, 1.807) is 6.07 Å². The third-order valence-electron chi connectivity index (χ3n) is 6.82. The van der Waals surface area contributed by atoms with Gasteiger partial charge in [-0.2, -0.15) is 0 Å². The van der Waals surface area contributed by atoms with Crippen LogP contribution in [0, 0.1) is 5.92 Å². The van der Waals surface area contributed by atoms with E-state index in [2.05, 4.69) is 22.3 Å². The van der Waals surface area contributed by atoms with Gasteiger partial charge >= 0.3 is 0 Å². The number of aromatic nitrogens is 1. The van der Waals surface area contributed by atoms with Gasteiger partial charge in [-0.15, -0.1) is 0 Å². The highest BCUT2D eigenvalue weighted by atomic mass is 16.5. The van der Waals surface area contributed by atoms with Crippen molar-refractivity contribution >= 4 is 11.8 Å². The molecule has 29 heavy (non-hydrogen) atoms. The quantitative estimate of drug-likeness (QED) is 0.762. The average molecular weight is 403 g/mol. The maximum absolute atomic E-state index is 13.1. The third-order valence-corrected chi connectivity index (χ3v) is 6.82. The molecule has 7 heteroatoms. The Morgan fingerprint density at radius 1 is 1.21 bits per heavy atom. The molecule has 0 aromatic carbocycles. The zero-order chi connectivity index (χ0) is 20.4. The van der Waals surface area contributed by atoms with Gasteiger partial charge in [-0.3, -0.25) is 9.59 Å². The van der Waals surface area contributed by atoms with E-state index in [-0.39, 0.29) is 30.0 Å². The van der Waals surface area contributed by atoms with Gasteiger partial charge < -0.3 is 20.5 Å². The van der Waals surface area contributed by atoms with Crippen LogP contribution in [0.1, 0.15) is 93.3 Å². The van der Waals surface area contributed by atoms with Crippen molar-refractivity contribution in [1.82, 2.24) is 15.4 Å². The monoisotopic (exact) mass is 402 g/mol. The SMILES string of the molecule is CCCC1CC(NC(=O)c2cc(C3CC3)on2)CCN1C(=O)C1CCC(N)CC1. The summed E-state index contributed by atoms with van der Waals surface area (Å²) in [6, 6.07) is 2.30. The van der Waals surface area contributed by atoms with Crippen LogP contribution >= 0.6 is 0 Å². The van der Waals surface area contributed by atoms with E-state index < -0.39 is 0 Å². The molecule has 3 aliphatic rings. The van der Waals surface area contributed by atoms with Crippen LogP contribution < -0.4 is 11.1 Å². The number of rotatable bonds is 6. The molecule has 4 rings (SSSR count). The van der Waals surface area contributed by atoms with Gasteiger partial charge in [-0.1, -0.05) is 18.5 Å². The fraction of sp³-hybridized carbons (Fsp3) is 0.773. The first kappa shape index (κ1) is 20.4. The predicted molar refractivity (Wildman–Crippen MR) is 109 cm³/mol. The Morgan fingerprint density at radius 2 is 1.97 bits per heavy atom. The van der Waals surface area contributed by atoms with E-state index in [1.807, 2.05) is 0 Å². The molecule has 3 fully saturated rings. The first-order valence-corrected chi connectivity index (χ1v) is 11.4. The van der Waals surface area contributed by atoms with E-state index in [9.17, 15) is 9.59 Å². The number of carbonyl (C=O) groups is 2. The fourth-order valence-electron chi connectivity index (χ4n) is 4.90. The molecule has 2 atom stereocenters. The van der Waals surface area contributed by atoms with Crippen LogP contribution in [0.5, 0.6) is 0 Å². The van der Waals surface area contributed by atoms with Crippen molar-refractivity contribution < 1.29 is 14.1 Å². The molecule has 0 radical (unpaired) electrons. The number of nitrogens with two attached hydrogens (primary N) is 1. The van der Waals surface area contributed by atoms with Gasteiger partial charge in [0, 0.05) is 42.6 Å². The summed E-state index contributed by atoms with van der Waals surface area (Å²) < 4.78 is 5.31. The predicted octanol–water partition coefficient (Wildman–Crippen LogP) is 2.96. The smallest absolute Gasteiger partial charge is 0.273 e. The number of likely N-dealkylation sites (tertiary alicyclic amines) is 1. The Labute approximate surface area is 172 Å². The number of hydrogen-bond acceptors (Lipinski definition) is 5. The highest BCUT2D eigenvalue weighted by molar-refractivity contribution is 5.92. The summed E-state index contributed by atoms with van der Waals surface area (Å²) in [6.07, 6.45) is 9.55. The van der Waals surface area contributed by atoms with Crippen LogP contribution in [-0.4, -0.2) is 46.5 Å². The Kier molecular flexibility index (Phi) is 6.23. The highest BCUT2D eigenvalue weighted by Crippen LogP contribution is 2.40. The normalized spacial score (nSPS) is 30.2. The lowest BCUT2D eigenvalue weighted by atomic mass is 9.84. The topological polar surface area (TPSA) is 101 Å². The third kappa shape index (κ3) is 4.82. The van der Waals surface area contributed by atoms with Gasteiger partial charge in [0.1, 0.15) is 5.76 Å². The number of nitrogens with zero attached hydrogens (tertiary/aromatic N) is 2. The summed E-state index contributed by atoms with van der Waals surface area (Å²) in [7, 11) is 0. The average Bonchev–Trinajstić information content (AvgIpc) is 3.45. The molecule has 7 nitrogen and oxygen atoms in total. The summed E-state index contributed by atoms with van der Waals surface area (Å²) in [5.41, 5.74) is 6.38. The molecule has 1 aromatic rings. The van der Waals surface area contributed by atoms with Gasteiger partial charge in [0.05, 0.1) is 0 Å². The maximum atomic E-state index is 13.1. The Hall–Kier alpha value is -1.89. The van der Waals surface area contributed by atoms with Gasteiger partial charge in [0.25, 0.3) is 5.91 Å². The van der Waals surface area contributed by atoms with Crippen LogP contribution in [-0.2, 0) is 4.79 Å². The zero-order valence-electron chi connectivity index (χ0n) is 17.4. The van der Waals surface area contributed by atoms with Crippen LogP contribution in [0.2, 0.25) is 0 Å². The second kappa shape index (κ2) is 8.86. The van der Waals surface area contributed by atoms with Crippen molar-refractivity contribution in [2.75, 3.05) is 6.54 Å². The van der Waals surface area contributed by atoms with E-state index >= 15 is 0 Å². The molecule has 3 N–H and O–H groups in total. The minimum atomic E-state index is -0.165. The molecule has 2 unspecified atom stereocenters. The van der Waals surface area contributed by atoms with Crippen LogP contribution in [0.3, 0.4) is 0 Å². The minimum absolute atomic E-state index is 0.0731. The van der Waals surface area contributed by atoms with Crippen molar-refractivity contribution in [3.05, 3.63) is 17.5 Å². The molecule has 0 bridgehead atoms. The van der Waals surface area contributed by atoms with E-state index in [0.29, 0.717) is 24.1 Å². The van der Waals surface area contributed by atoms with Crippen LogP contribution in [0.4, 0.5) is 0 Å². The number of hydrogen-bond donors (Lipinski definition) is 2. The van der Waals surface area contributed by atoms with Crippen molar-refractivity contribution in [2.45, 2.75) is 95.2 Å². The second-order valence-corrected chi connectivity index (χ2v) is 9.17. The summed E-state index contributed by atoms with van der Waals surface area (Å²) in [5.74, 6) is 1.53. The van der Waals surface area contributed by atoms with Crippen molar-refractivity contribution in [3.8, 4) is 0 Å². The van der Waals surface area contributed by atoms with Crippen molar-refractivity contribution in [2.24, 2.45) is 11.7 Å². The first-order chi connectivity index (χ1) is 14.0. The lowest BCUT2D eigenvalue weighted by molar-refractivity contribution is -0.140. The molecule has 160 valence electrons. The van der Waals surface area contributed by atoms with Crippen LogP contribution in [0.25, 0.3) is 0 Å². The zero-order valence-corrected chi connectivity index (χ0v) is 17.4. The molecule has 2 aliphatic carbocycles. The molecule has 1 aromatic heterocycles. The van der Waals surface area contributed by atoms with Gasteiger partial charge in [0.15, 0.2) is 5.69 Å². The number of carbonyl (C=O) groups excluding carboxylic acids is 2. The molecule has 1 saturated heterocycles.